The summed E-state index contributed by atoms with van der Waals surface area (Å²) in [5.74, 6) is -0.923. The van der Waals surface area contributed by atoms with Crippen LogP contribution in [0.4, 0.5) is 0 Å². The standard InChI is InChI=1S/C21H25ClN2O3.C5H9N3/c22-19-8-6-18(7-9-19)21(17-4-2-1-3-5-17)24-12-10-23(11-13-24)14-15-27-16-20(25)26;6-2-1-5-3-7-4-8-5/h1-9,21H,10-16H2,(H,25,26);3-4H,1-2,6H2,(H,7,8)/t21-;/m1./s1. The Morgan fingerprint density at radius 2 is 1.77 bits per heavy atom. The van der Waals surface area contributed by atoms with Crippen LogP contribution in [0.15, 0.2) is 67.1 Å². The first kappa shape index (κ1) is 26.8. The first-order valence-corrected chi connectivity index (χ1v) is 12.2. The molecule has 1 aliphatic rings. The van der Waals surface area contributed by atoms with Crippen LogP contribution in [0.2, 0.25) is 5.02 Å². The van der Waals surface area contributed by atoms with Crippen LogP contribution in [0.25, 0.3) is 0 Å². The van der Waals surface area contributed by atoms with Gasteiger partial charge in [0.05, 0.1) is 24.7 Å². The molecule has 1 saturated heterocycles. The van der Waals surface area contributed by atoms with Gasteiger partial charge in [-0.2, -0.15) is 0 Å². The highest BCUT2D eigenvalue weighted by atomic mass is 35.5. The van der Waals surface area contributed by atoms with Crippen molar-refractivity contribution in [2.45, 2.75) is 12.5 Å². The minimum atomic E-state index is -0.923. The van der Waals surface area contributed by atoms with E-state index in [4.69, 9.17) is 27.2 Å². The molecule has 3 aromatic rings. The van der Waals surface area contributed by atoms with Gasteiger partial charge in [-0.1, -0.05) is 54.1 Å². The molecule has 0 radical (unpaired) electrons. The second-order valence-electron chi connectivity index (χ2n) is 8.29. The molecule has 1 fully saturated rings. The van der Waals surface area contributed by atoms with Crippen molar-refractivity contribution in [3.05, 3.63) is 89.0 Å². The lowest BCUT2D eigenvalue weighted by atomic mass is 9.96. The lowest BCUT2D eigenvalue weighted by Gasteiger charge is -2.39. The number of H-pyrrole nitrogens is 1. The summed E-state index contributed by atoms with van der Waals surface area (Å²) in [4.78, 5) is 22.1. The molecular formula is C26H34ClN5O3. The predicted octanol–water partition coefficient (Wildman–Crippen LogP) is 3.06. The molecule has 0 saturated carbocycles. The maximum Gasteiger partial charge on any atom is 0.329 e. The number of nitrogens with two attached hydrogens (primary N) is 1. The lowest BCUT2D eigenvalue weighted by Crippen LogP contribution is -2.48. The van der Waals surface area contributed by atoms with Gasteiger partial charge in [-0.25, -0.2) is 9.78 Å². The summed E-state index contributed by atoms with van der Waals surface area (Å²) < 4.78 is 5.15. The third kappa shape index (κ3) is 9.08. The number of rotatable bonds is 10. The fourth-order valence-electron chi connectivity index (χ4n) is 4.07. The van der Waals surface area contributed by atoms with Gasteiger partial charge in [-0.05, 0) is 29.8 Å². The van der Waals surface area contributed by atoms with E-state index in [1.165, 1.54) is 11.1 Å². The molecule has 0 bridgehead atoms. The number of ether oxygens (including phenoxy) is 1. The molecule has 0 aliphatic carbocycles. The van der Waals surface area contributed by atoms with Gasteiger partial charge in [0.25, 0.3) is 0 Å². The normalized spacial score (nSPS) is 15.3. The number of benzene rings is 2. The van der Waals surface area contributed by atoms with E-state index in [1.54, 1.807) is 6.33 Å². The van der Waals surface area contributed by atoms with Gasteiger partial charge in [0.2, 0.25) is 0 Å². The SMILES string of the molecule is NCCc1c[nH]cn1.O=C(O)COCCN1CCN([C@H](c2ccccc2)c2ccc(Cl)cc2)CC1. The Morgan fingerprint density at radius 3 is 2.37 bits per heavy atom. The lowest BCUT2D eigenvalue weighted by molar-refractivity contribution is -0.142. The molecule has 2 heterocycles. The smallest absolute Gasteiger partial charge is 0.329 e. The maximum absolute atomic E-state index is 10.5. The number of imidazole rings is 1. The second-order valence-corrected chi connectivity index (χ2v) is 8.72. The summed E-state index contributed by atoms with van der Waals surface area (Å²) >= 11 is 6.08. The molecule has 2 aromatic carbocycles. The van der Waals surface area contributed by atoms with Crippen LogP contribution in [0.1, 0.15) is 22.9 Å². The largest absolute Gasteiger partial charge is 0.480 e. The molecular weight excluding hydrogens is 466 g/mol. The molecule has 4 rings (SSSR count). The first-order chi connectivity index (χ1) is 17.1. The van der Waals surface area contributed by atoms with E-state index in [9.17, 15) is 4.79 Å². The Kier molecular flexibility index (Phi) is 11.2. The number of carboxylic acid groups (broad SMARTS) is 1. The van der Waals surface area contributed by atoms with Crippen molar-refractivity contribution in [3.63, 3.8) is 0 Å². The third-order valence-corrected chi connectivity index (χ3v) is 6.06. The maximum atomic E-state index is 10.5. The molecule has 9 heteroatoms. The fraction of sp³-hybridized carbons (Fsp3) is 0.385. The molecule has 8 nitrogen and oxygen atoms in total. The molecule has 0 unspecified atom stereocenters. The van der Waals surface area contributed by atoms with E-state index in [0.717, 1.165) is 49.9 Å². The average Bonchev–Trinajstić information content (AvgIpc) is 3.39. The monoisotopic (exact) mass is 499 g/mol. The van der Waals surface area contributed by atoms with Gasteiger partial charge >= 0.3 is 5.97 Å². The second kappa shape index (κ2) is 14.6. The highest BCUT2D eigenvalue weighted by Crippen LogP contribution is 2.30. The zero-order valence-electron chi connectivity index (χ0n) is 19.9. The van der Waals surface area contributed by atoms with Gasteiger partial charge in [0.1, 0.15) is 6.61 Å². The molecule has 0 amide bonds. The quantitative estimate of drug-likeness (QED) is 0.368. The zero-order valence-corrected chi connectivity index (χ0v) is 20.6. The number of halogens is 1. The minimum absolute atomic E-state index is 0.203. The number of aliphatic carboxylic acids is 1. The van der Waals surface area contributed by atoms with Crippen LogP contribution in [-0.4, -0.2) is 83.3 Å². The van der Waals surface area contributed by atoms with E-state index in [1.807, 2.05) is 24.4 Å². The number of carboxylic acids is 1. The van der Waals surface area contributed by atoms with Gasteiger partial charge in [-0.3, -0.25) is 9.80 Å². The molecule has 1 aliphatic heterocycles. The van der Waals surface area contributed by atoms with E-state index in [0.29, 0.717) is 13.2 Å². The summed E-state index contributed by atoms with van der Waals surface area (Å²) in [6.07, 6.45) is 4.38. The number of aromatic amines is 1. The molecule has 35 heavy (non-hydrogen) atoms. The van der Waals surface area contributed by atoms with Gasteiger partial charge in [-0.15, -0.1) is 0 Å². The molecule has 4 N–H and O–H groups in total. The number of aromatic nitrogens is 2. The number of hydrogen-bond acceptors (Lipinski definition) is 6. The Bertz CT molecular complexity index is 978. The molecule has 0 spiro atoms. The molecule has 188 valence electrons. The van der Waals surface area contributed by atoms with Crippen molar-refractivity contribution in [1.82, 2.24) is 19.8 Å². The van der Waals surface area contributed by atoms with E-state index >= 15 is 0 Å². The summed E-state index contributed by atoms with van der Waals surface area (Å²) in [6.45, 7) is 5.42. The number of hydrogen-bond donors (Lipinski definition) is 3. The summed E-state index contributed by atoms with van der Waals surface area (Å²) in [5.41, 5.74) is 8.82. The van der Waals surface area contributed by atoms with Crippen molar-refractivity contribution in [1.29, 1.82) is 0 Å². The van der Waals surface area contributed by atoms with Crippen LogP contribution in [0, 0.1) is 0 Å². The number of nitrogens with one attached hydrogen (secondary N) is 1. The average molecular weight is 500 g/mol. The predicted molar refractivity (Wildman–Crippen MR) is 138 cm³/mol. The third-order valence-electron chi connectivity index (χ3n) is 5.81. The molecule has 1 aromatic heterocycles. The number of nitrogens with zero attached hydrogens (tertiary/aromatic N) is 3. The summed E-state index contributed by atoms with van der Waals surface area (Å²) in [7, 11) is 0. The van der Waals surface area contributed by atoms with Crippen molar-refractivity contribution < 1.29 is 14.6 Å². The summed E-state index contributed by atoms with van der Waals surface area (Å²) in [5, 5.41) is 9.37. The minimum Gasteiger partial charge on any atom is -0.480 e. The van der Waals surface area contributed by atoms with Crippen LogP contribution in [-0.2, 0) is 16.0 Å². The first-order valence-electron chi connectivity index (χ1n) is 11.8. The summed E-state index contributed by atoms with van der Waals surface area (Å²) in [6, 6.07) is 18.8. The van der Waals surface area contributed by atoms with E-state index < -0.39 is 5.97 Å². The van der Waals surface area contributed by atoms with Crippen molar-refractivity contribution in [3.8, 4) is 0 Å². The van der Waals surface area contributed by atoms with Gasteiger partial charge in [0, 0.05) is 50.4 Å². The Labute approximate surface area is 211 Å². The van der Waals surface area contributed by atoms with Gasteiger partial charge in [0.15, 0.2) is 0 Å². The Hall–Kier alpha value is -2.75. The van der Waals surface area contributed by atoms with Crippen molar-refractivity contribution in [2.24, 2.45) is 5.73 Å². The zero-order chi connectivity index (χ0) is 24.9. The van der Waals surface area contributed by atoms with Crippen LogP contribution >= 0.6 is 11.6 Å². The Balaban J connectivity index is 0.000000363. The number of carbonyl (C=O) groups is 1. The van der Waals surface area contributed by atoms with Crippen LogP contribution in [0.5, 0.6) is 0 Å². The van der Waals surface area contributed by atoms with E-state index in [-0.39, 0.29) is 12.6 Å². The topological polar surface area (TPSA) is 108 Å². The van der Waals surface area contributed by atoms with E-state index in [2.05, 4.69) is 56.2 Å². The van der Waals surface area contributed by atoms with Crippen molar-refractivity contribution >= 4 is 17.6 Å². The highest BCUT2D eigenvalue weighted by molar-refractivity contribution is 6.30. The van der Waals surface area contributed by atoms with Crippen LogP contribution in [0.3, 0.4) is 0 Å². The Morgan fingerprint density at radius 1 is 1.09 bits per heavy atom. The molecule has 1 atom stereocenters. The van der Waals surface area contributed by atoms with Crippen molar-refractivity contribution in [2.75, 3.05) is 52.5 Å². The highest BCUT2D eigenvalue weighted by Gasteiger charge is 2.26. The fourth-order valence-corrected chi connectivity index (χ4v) is 4.19. The van der Waals surface area contributed by atoms with Crippen LogP contribution < -0.4 is 5.73 Å². The van der Waals surface area contributed by atoms with Gasteiger partial charge < -0.3 is 20.6 Å². The number of piperazine rings is 1.